The van der Waals surface area contributed by atoms with Crippen LogP contribution in [-0.2, 0) is 0 Å². The van der Waals surface area contributed by atoms with Gasteiger partial charge in [0.25, 0.3) is 0 Å². The quantitative estimate of drug-likeness (QED) is 0.534. The molecule has 0 aliphatic carbocycles. The summed E-state index contributed by atoms with van der Waals surface area (Å²) >= 11 is 2.21. The summed E-state index contributed by atoms with van der Waals surface area (Å²) in [6.07, 6.45) is 1.06. The molecule has 2 heteroatoms. The minimum Gasteiger partial charge on any atom is -0.246 e. The van der Waals surface area contributed by atoms with E-state index in [2.05, 4.69) is 36.4 Å². The first-order chi connectivity index (χ1) is 4.59. The van der Waals surface area contributed by atoms with Crippen LogP contribution in [0.3, 0.4) is 0 Å². The van der Waals surface area contributed by atoms with Crippen LogP contribution in [0.2, 0.25) is 0 Å². The van der Waals surface area contributed by atoms with Gasteiger partial charge >= 0.3 is 0 Å². The Kier molecular flexibility index (Phi) is 5.68. The topological polar surface area (TPSA) is 0 Å². The summed E-state index contributed by atoms with van der Waals surface area (Å²) in [5.74, 6) is 0.460. The van der Waals surface area contributed by atoms with Gasteiger partial charge in [0.15, 0.2) is 0 Å². The second-order valence-corrected chi connectivity index (χ2v) is 4.43. The monoisotopic (exact) mass is 258 g/mol. The zero-order valence-corrected chi connectivity index (χ0v) is 9.06. The number of halogens is 2. The van der Waals surface area contributed by atoms with Gasteiger partial charge in [0.2, 0.25) is 0 Å². The molecule has 0 saturated heterocycles. The predicted octanol–water partition coefficient (Wildman–Crippen LogP) is 3.58. The van der Waals surface area contributed by atoms with Gasteiger partial charge in [-0.25, -0.2) is 4.39 Å². The van der Waals surface area contributed by atoms with Crippen LogP contribution in [0, 0.1) is 5.92 Å². The minimum atomic E-state index is -0.606. The molecule has 10 heavy (non-hydrogen) atoms. The predicted molar refractivity (Wildman–Crippen MR) is 52.5 cm³/mol. The van der Waals surface area contributed by atoms with Gasteiger partial charge < -0.3 is 0 Å². The molecule has 0 nitrogen and oxygen atoms in total. The normalized spacial score (nSPS) is 17.4. The highest BCUT2D eigenvalue weighted by Gasteiger charge is 2.19. The number of rotatable bonds is 4. The lowest BCUT2D eigenvalue weighted by Gasteiger charge is -2.17. The molecular formula is C8H16FI. The zero-order valence-electron chi connectivity index (χ0n) is 6.90. The van der Waals surface area contributed by atoms with Crippen LogP contribution in [-0.4, -0.2) is 10.1 Å². The molecule has 0 spiro atoms. The van der Waals surface area contributed by atoms with Crippen molar-refractivity contribution in [1.29, 1.82) is 0 Å². The van der Waals surface area contributed by atoms with Crippen molar-refractivity contribution in [2.24, 2.45) is 5.92 Å². The summed E-state index contributed by atoms with van der Waals surface area (Å²) in [4.78, 5) is 0. The Morgan fingerprint density at radius 2 is 1.90 bits per heavy atom. The standard InChI is InChI=1S/C8H16FI/c1-4-5-7(9)8(10)6(2)3/h6-8H,4-5H2,1-3H3. The van der Waals surface area contributed by atoms with E-state index in [-0.39, 0.29) is 3.92 Å². The molecule has 2 unspecified atom stereocenters. The molecule has 0 saturated carbocycles. The van der Waals surface area contributed by atoms with Crippen molar-refractivity contribution in [3.63, 3.8) is 0 Å². The Hall–Kier alpha value is 0.660. The molecule has 0 heterocycles. The third-order valence-corrected chi connectivity index (χ3v) is 3.77. The number of hydrogen-bond acceptors (Lipinski definition) is 0. The van der Waals surface area contributed by atoms with Crippen molar-refractivity contribution in [3.05, 3.63) is 0 Å². The van der Waals surface area contributed by atoms with Crippen molar-refractivity contribution >= 4 is 22.6 Å². The molecule has 0 radical (unpaired) electrons. The summed E-state index contributed by atoms with van der Waals surface area (Å²) < 4.78 is 13.2. The summed E-state index contributed by atoms with van der Waals surface area (Å²) in [5, 5.41) is 0. The van der Waals surface area contributed by atoms with E-state index >= 15 is 0 Å². The van der Waals surface area contributed by atoms with Crippen LogP contribution in [0.15, 0.2) is 0 Å². The van der Waals surface area contributed by atoms with Crippen molar-refractivity contribution in [2.45, 2.75) is 43.7 Å². The average molecular weight is 258 g/mol. The minimum absolute atomic E-state index is 0.192. The fourth-order valence-electron chi connectivity index (χ4n) is 0.853. The van der Waals surface area contributed by atoms with Crippen molar-refractivity contribution in [1.82, 2.24) is 0 Å². The van der Waals surface area contributed by atoms with Crippen molar-refractivity contribution in [2.75, 3.05) is 0 Å². The van der Waals surface area contributed by atoms with Gasteiger partial charge in [-0.3, -0.25) is 0 Å². The number of alkyl halides is 2. The molecular weight excluding hydrogens is 242 g/mol. The summed E-state index contributed by atoms with van der Waals surface area (Å²) in [7, 11) is 0. The van der Waals surface area contributed by atoms with Gasteiger partial charge in [-0.2, -0.15) is 0 Å². The van der Waals surface area contributed by atoms with E-state index in [9.17, 15) is 4.39 Å². The molecule has 0 aliphatic heterocycles. The van der Waals surface area contributed by atoms with Crippen molar-refractivity contribution in [3.8, 4) is 0 Å². The van der Waals surface area contributed by atoms with Crippen LogP contribution in [0.4, 0.5) is 4.39 Å². The first kappa shape index (κ1) is 10.7. The third kappa shape index (κ3) is 3.74. The van der Waals surface area contributed by atoms with E-state index in [1.54, 1.807) is 0 Å². The second kappa shape index (κ2) is 5.33. The van der Waals surface area contributed by atoms with E-state index in [0.717, 1.165) is 6.42 Å². The third-order valence-electron chi connectivity index (χ3n) is 1.55. The van der Waals surface area contributed by atoms with E-state index < -0.39 is 6.17 Å². The highest BCUT2D eigenvalue weighted by Crippen LogP contribution is 2.22. The molecule has 0 rings (SSSR count). The Labute approximate surface area is 76.7 Å². The van der Waals surface area contributed by atoms with Gasteiger partial charge in [0.05, 0.1) is 0 Å². The summed E-state index contributed by atoms with van der Waals surface area (Å²) in [6.45, 7) is 6.16. The maximum Gasteiger partial charge on any atom is 0.112 e. The SMILES string of the molecule is CCCC(F)C(I)C(C)C. The molecule has 0 bridgehead atoms. The smallest absolute Gasteiger partial charge is 0.112 e. The lowest BCUT2D eigenvalue weighted by atomic mass is 10.0. The van der Waals surface area contributed by atoms with Crippen LogP contribution < -0.4 is 0 Å². The Morgan fingerprint density at radius 3 is 2.20 bits per heavy atom. The molecule has 0 fully saturated rings. The van der Waals surface area contributed by atoms with Crippen LogP contribution in [0.1, 0.15) is 33.6 Å². The summed E-state index contributed by atoms with van der Waals surface area (Å²) in [6, 6.07) is 0. The molecule has 0 aromatic heterocycles. The van der Waals surface area contributed by atoms with Crippen molar-refractivity contribution < 1.29 is 4.39 Å². The Morgan fingerprint density at radius 1 is 1.40 bits per heavy atom. The maximum atomic E-state index is 13.0. The molecule has 0 aromatic carbocycles. The van der Waals surface area contributed by atoms with E-state index in [1.165, 1.54) is 0 Å². The molecule has 0 aromatic rings. The van der Waals surface area contributed by atoms with Gasteiger partial charge in [-0.05, 0) is 12.3 Å². The van der Waals surface area contributed by atoms with Gasteiger partial charge in [-0.15, -0.1) is 0 Å². The molecule has 0 N–H and O–H groups in total. The Bertz CT molecular complexity index is 83.3. The van der Waals surface area contributed by atoms with Gasteiger partial charge in [0.1, 0.15) is 6.17 Å². The van der Waals surface area contributed by atoms with E-state index in [1.807, 2.05) is 6.92 Å². The molecule has 2 atom stereocenters. The first-order valence-corrected chi connectivity index (χ1v) is 5.12. The average Bonchev–Trinajstić information content (AvgIpc) is 1.87. The summed E-state index contributed by atoms with van der Waals surface area (Å²) in [5.41, 5.74) is 0. The molecule has 0 aliphatic rings. The van der Waals surface area contributed by atoms with Gasteiger partial charge in [0, 0.05) is 3.92 Å². The fraction of sp³-hybridized carbons (Fsp3) is 1.00. The van der Waals surface area contributed by atoms with E-state index in [4.69, 9.17) is 0 Å². The van der Waals surface area contributed by atoms with Gasteiger partial charge in [-0.1, -0.05) is 49.8 Å². The van der Waals surface area contributed by atoms with Crippen LogP contribution in [0.5, 0.6) is 0 Å². The first-order valence-electron chi connectivity index (χ1n) is 3.87. The maximum absolute atomic E-state index is 13.0. The fourth-order valence-corrected chi connectivity index (χ4v) is 1.21. The highest BCUT2D eigenvalue weighted by molar-refractivity contribution is 14.1. The lowest BCUT2D eigenvalue weighted by molar-refractivity contribution is 0.283. The molecule has 62 valence electrons. The Balaban J connectivity index is 3.58. The number of hydrogen-bond donors (Lipinski definition) is 0. The van der Waals surface area contributed by atoms with Crippen LogP contribution >= 0.6 is 22.6 Å². The lowest BCUT2D eigenvalue weighted by Crippen LogP contribution is -2.20. The largest absolute Gasteiger partial charge is 0.246 e. The van der Waals surface area contributed by atoms with E-state index in [0.29, 0.717) is 12.3 Å². The second-order valence-electron chi connectivity index (χ2n) is 2.99. The zero-order chi connectivity index (χ0) is 8.15. The van der Waals surface area contributed by atoms with Crippen LogP contribution in [0.25, 0.3) is 0 Å². The highest BCUT2D eigenvalue weighted by atomic mass is 127. The molecule has 0 amide bonds.